The van der Waals surface area contributed by atoms with Crippen LogP contribution in [0.15, 0.2) is 60.8 Å². The van der Waals surface area contributed by atoms with Crippen LogP contribution in [0.4, 0.5) is 0 Å². The summed E-state index contributed by atoms with van der Waals surface area (Å²) in [5, 5.41) is 8.88. The van der Waals surface area contributed by atoms with Crippen LogP contribution in [-0.2, 0) is 32.7 Å². The number of hydrogen-bond donors (Lipinski definition) is 3. The topological polar surface area (TPSA) is 155 Å². The molecule has 0 rings (SSSR count). The van der Waals surface area contributed by atoms with Crippen LogP contribution >= 0.6 is 7.82 Å². The van der Waals surface area contributed by atoms with Gasteiger partial charge in [-0.1, -0.05) is 158 Å². The van der Waals surface area contributed by atoms with E-state index in [-0.39, 0.29) is 13.0 Å². The minimum absolute atomic E-state index is 0.0146. The number of rotatable bonds is 40. The fourth-order valence-electron chi connectivity index (χ4n) is 5.49. The Labute approximate surface area is 334 Å². The molecule has 3 unspecified atom stereocenters. The quantitative estimate of drug-likeness (QED) is 0.0236. The molecule has 0 aromatic rings. The van der Waals surface area contributed by atoms with Crippen LogP contribution in [0.2, 0.25) is 0 Å². The van der Waals surface area contributed by atoms with Crippen molar-refractivity contribution in [1.82, 2.24) is 0 Å². The molecular formula is C44H78NO9P. The number of phosphoric acid groups is 1. The van der Waals surface area contributed by atoms with Crippen molar-refractivity contribution < 1.29 is 42.7 Å². The molecule has 0 aromatic heterocycles. The van der Waals surface area contributed by atoms with Crippen LogP contribution in [-0.4, -0.2) is 60.5 Å². The van der Waals surface area contributed by atoms with Gasteiger partial charge >= 0.3 is 19.8 Å². The van der Waals surface area contributed by atoms with Crippen LogP contribution in [0.25, 0.3) is 0 Å². The molecular weight excluding hydrogens is 717 g/mol. The summed E-state index contributed by atoms with van der Waals surface area (Å²) in [6, 6.07) is -1.48. The van der Waals surface area contributed by atoms with Gasteiger partial charge in [0.05, 0.1) is 19.8 Å². The van der Waals surface area contributed by atoms with Crippen molar-refractivity contribution in [3.8, 4) is 0 Å². The summed E-state index contributed by atoms with van der Waals surface area (Å²) >= 11 is 0. The van der Waals surface area contributed by atoms with E-state index in [1.165, 1.54) is 96.3 Å². The fraction of sp³-hybridized carbons (Fsp3) is 0.727. The molecule has 0 aliphatic carbocycles. The second kappa shape index (κ2) is 39.9. The highest BCUT2D eigenvalue weighted by Crippen LogP contribution is 2.43. The molecule has 318 valence electrons. The Balaban J connectivity index is 4.28. The van der Waals surface area contributed by atoms with E-state index in [0.717, 1.165) is 44.9 Å². The van der Waals surface area contributed by atoms with E-state index < -0.39 is 45.1 Å². The van der Waals surface area contributed by atoms with Crippen LogP contribution in [0, 0.1) is 0 Å². The summed E-state index contributed by atoms with van der Waals surface area (Å²) in [5.41, 5.74) is 5.34. The number of aliphatic carboxylic acids is 1. The van der Waals surface area contributed by atoms with Gasteiger partial charge in [-0.15, -0.1) is 0 Å². The van der Waals surface area contributed by atoms with Crippen molar-refractivity contribution in [2.24, 2.45) is 5.73 Å². The fourth-order valence-corrected chi connectivity index (χ4v) is 6.27. The van der Waals surface area contributed by atoms with Gasteiger partial charge in [0.25, 0.3) is 0 Å². The Morgan fingerprint density at radius 3 is 1.58 bits per heavy atom. The SMILES string of the molecule is CC/C=C\C/C=C\C/C=C\C/C=C\CCC(=O)OC(COCCCCCCCCCCCC/C=C\CCCCCCCC)COP(=O)(O)OCC(N)C(=O)O. The molecule has 0 saturated heterocycles. The van der Waals surface area contributed by atoms with E-state index in [1.54, 1.807) is 0 Å². The van der Waals surface area contributed by atoms with Crippen molar-refractivity contribution in [2.45, 2.75) is 180 Å². The maximum absolute atomic E-state index is 12.6. The second-order valence-electron chi connectivity index (χ2n) is 14.1. The molecule has 3 atom stereocenters. The highest BCUT2D eigenvalue weighted by atomic mass is 31.2. The predicted octanol–water partition coefficient (Wildman–Crippen LogP) is 11.6. The Morgan fingerprint density at radius 2 is 1.05 bits per heavy atom. The third-order valence-corrected chi connectivity index (χ3v) is 9.75. The zero-order valence-electron chi connectivity index (χ0n) is 34.5. The molecule has 0 spiro atoms. The number of carboxylic acid groups (broad SMARTS) is 1. The van der Waals surface area contributed by atoms with Gasteiger partial charge in [0.1, 0.15) is 12.1 Å². The molecule has 0 radical (unpaired) electrons. The molecule has 0 aliphatic heterocycles. The number of allylic oxidation sites excluding steroid dienone is 10. The zero-order chi connectivity index (χ0) is 40.5. The van der Waals surface area contributed by atoms with Gasteiger partial charge < -0.3 is 25.2 Å². The van der Waals surface area contributed by atoms with E-state index in [2.05, 4.69) is 62.5 Å². The molecule has 4 N–H and O–H groups in total. The van der Waals surface area contributed by atoms with Gasteiger partial charge in [0, 0.05) is 13.0 Å². The maximum atomic E-state index is 12.6. The molecule has 0 amide bonds. The van der Waals surface area contributed by atoms with Crippen molar-refractivity contribution in [1.29, 1.82) is 0 Å². The molecule has 10 nitrogen and oxygen atoms in total. The monoisotopic (exact) mass is 796 g/mol. The standard InChI is InChI=1S/C44H78NO9P/c1-3-5-7-9-11-13-15-17-18-19-20-21-22-23-25-27-29-31-33-35-37-51-38-41(39-52-55(49,50)53-40-42(45)44(47)48)54-43(46)36-34-32-30-28-26-24-16-14-12-10-8-6-4-2/h6,8,12,14,17-18,24,26,30,32,41-42H,3-5,7,9-11,13,15-16,19-23,25,27-29,31,33-40,45H2,1-2H3,(H,47,48)(H,49,50)/b8-6-,14-12-,18-17-,26-24-,32-30-. The van der Waals surface area contributed by atoms with Gasteiger partial charge in [0.15, 0.2) is 0 Å². The number of ether oxygens (including phenoxy) is 2. The molecule has 0 heterocycles. The highest BCUT2D eigenvalue weighted by molar-refractivity contribution is 7.47. The van der Waals surface area contributed by atoms with Crippen molar-refractivity contribution in [2.75, 3.05) is 26.4 Å². The normalized spacial score (nSPS) is 14.5. The Hall–Kier alpha value is -2.33. The van der Waals surface area contributed by atoms with E-state index in [4.69, 9.17) is 29.4 Å². The summed E-state index contributed by atoms with van der Waals surface area (Å²) in [5.74, 6) is -1.87. The lowest BCUT2D eigenvalue weighted by Crippen LogP contribution is -2.34. The van der Waals surface area contributed by atoms with E-state index in [1.807, 2.05) is 12.2 Å². The van der Waals surface area contributed by atoms with Crippen LogP contribution in [0.3, 0.4) is 0 Å². The first-order valence-corrected chi connectivity index (χ1v) is 22.8. The summed E-state index contributed by atoms with van der Waals surface area (Å²) < 4.78 is 33.2. The van der Waals surface area contributed by atoms with Gasteiger partial charge in [0.2, 0.25) is 0 Å². The number of carboxylic acids is 1. The molecule has 0 aromatic carbocycles. The molecule has 55 heavy (non-hydrogen) atoms. The lowest BCUT2D eigenvalue weighted by molar-refractivity contribution is -0.154. The third kappa shape index (κ3) is 39.7. The first-order chi connectivity index (χ1) is 26.7. The average molecular weight is 796 g/mol. The number of carbonyl (C=O) groups is 2. The van der Waals surface area contributed by atoms with Crippen molar-refractivity contribution in [3.05, 3.63) is 60.8 Å². The van der Waals surface area contributed by atoms with Gasteiger partial charge in [-0.3, -0.25) is 18.6 Å². The van der Waals surface area contributed by atoms with Crippen LogP contribution in [0.5, 0.6) is 0 Å². The maximum Gasteiger partial charge on any atom is 0.472 e. The van der Waals surface area contributed by atoms with E-state index in [9.17, 15) is 19.0 Å². The number of phosphoric ester groups is 1. The minimum Gasteiger partial charge on any atom is -0.480 e. The highest BCUT2D eigenvalue weighted by Gasteiger charge is 2.27. The lowest BCUT2D eigenvalue weighted by Gasteiger charge is -2.20. The number of unbranched alkanes of at least 4 members (excludes halogenated alkanes) is 16. The molecule has 0 saturated carbocycles. The predicted molar refractivity (Wildman–Crippen MR) is 226 cm³/mol. The second-order valence-corrected chi connectivity index (χ2v) is 15.5. The molecule has 11 heteroatoms. The Bertz CT molecular complexity index is 1100. The number of nitrogens with two attached hydrogens (primary N) is 1. The van der Waals surface area contributed by atoms with Crippen LogP contribution < -0.4 is 5.73 Å². The Morgan fingerprint density at radius 1 is 0.600 bits per heavy atom. The van der Waals surface area contributed by atoms with Gasteiger partial charge in [-0.2, -0.15) is 0 Å². The number of hydrogen-bond acceptors (Lipinski definition) is 8. The first-order valence-electron chi connectivity index (χ1n) is 21.3. The van der Waals surface area contributed by atoms with Crippen molar-refractivity contribution >= 4 is 19.8 Å². The van der Waals surface area contributed by atoms with E-state index >= 15 is 0 Å². The number of esters is 1. The van der Waals surface area contributed by atoms with Crippen LogP contribution in [0.1, 0.15) is 168 Å². The largest absolute Gasteiger partial charge is 0.480 e. The average Bonchev–Trinajstić information content (AvgIpc) is 3.16. The molecule has 0 aliphatic rings. The van der Waals surface area contributed by atoms with Gasteiger partial charge in [-0.25, -0.2) is 4.57 Å². The van der Waals surface area contributed by atoms with Crippen molar-refractivity contribution in [3.63, 3.8) is 0 Å². The van der Waals surface area contributed by atoms with Gasteiger partial charge in [-0.05, 0) is 64.2 Å². The zero-order valence-corrected chi connectivity index (χ0v) is 35.4. The lowest BCUT2D eigenvalue weighted by atomic mass is 10.1. The Kier molecular flexibility index (Phi) is 38.2. The molecule has 0 fully saturated rings. The first kappa shape index (κ1) is 52.7. The van der Waals surface area contributed by atoms with E-state index in [0.29, 0.717) is 13.0 Å². The third-order valence-electron chi connectivity index (χ3n) is 8.79. The summed E-state index contributed by atoms with van der Waals surface area (Å²) in [6.07, 6.45) is 47.3. The minimum atomic E-state index is -4.63. The smallest absolute Gasteiger partial charge is 0.472 e. The summed E-state index contributed by atoms with van der Waals surface area (Å²) in [7, 11) is -4.63. The summed E-state index contributed by atoms with van der Waals surface area (Å²) in [6.45, 7) is 3.66. The molecule has 0 bridgehead atoms. The summed E-state index contributed by atoms with van der Waals surface area (Å²) in [4.78, 5) is 33.4. The number of carbonyl (C=O) groups excluding carboxylic acids is 1.